The molecule has 2 saturated carbocycles. The fraction of sp³-hybridized carbons (Fsp3) is 0.778. The van der Waals surface area contributed by atoms with E-state index in [4.69, 9.17) is 0 Å². The Morgan fingerprint density at radius 3 is 2.95 bits per heavy atom. The van der Waals surface area contributed by atoms with Crippen molar-refractivity contribution in [2.45, 2.75) is 64.3 Å². The lowest BCUT2D eigenvalue weighted by Gasteiger charge is -2.27. The van der Waals surface area contributed by atoms with Crippen LogP contribution in [-0.2, 0) is 6.42 Å². The molecule has 2 heteroatoms. The van der Waals surface area contributed by atoms with Gasteiger partial charge in [0.1, 0.15) is 0 Å². The van der Waals surface area contributed by atoms with E-state index in [1.165, 1.54) is 51.5 Å². The first kappa shape index (κ1) is 14.6. The highest BCUT2D eigenvalue weighted by molar-refractivity contribution is 7.09. The fourth-order valence-corrected chi connectivity index (χ4v) is 5.18. The SMILES string of the molecule is CCCNC(CCc1cccs1)CC1CC2CCC1C2. The maximum absolute atomic E-state index is 3.82. The van der Waals surface area contributed by atoms with Crippen LogP contribution in [0.15, 0.2) is 17.5 Å². The fourth-order valence-electron chi connectivity index (χ4n) is 4.45. The molecule has 1 nitrogen and oxygen atoms in total. The molecule has 1 aromatic heterocycles. The topological polar surface area (TPSA) is 12.0 Å². The molecule has 3 rings (SSSR count). The van der Waals surface area contributed by atoms with Crippen molar-refractivity contribution in [2.75, 3.05) is 6.54 Å². The number of thiophene rings is 1. The third kappa shape index (κ3) is 3.65. The zero-order valence-corrected chi connectivity index (χ0v) is 13.6. The minimum Gasteiger partial charge on any atom is -0.314 e. The van der Waals surface area contributed by atoms with Gasteiger partial charge >= 0.3 is 0 Å². The summed E-state index contributed by atoms with van der Waals surface area (Å²) in [6.07, 6.45) is 11.4. The number of nitrogens with one attached hydrogen (secondary N) is 1. The molecule has 112 valence electrons. The Labute approximate surface area is 128 Å². The molecular formula is C18H29NS. The first-order valence-electron chi connectivity index (χ1n) is 8.61. The lowest BCUT2D eigenvalue weighted by atomic mass is 9.83. The van der Waals surface area contributed by atoms with E-state index in [9.17, 15) is 0 Å². The van der Waals surface area contributed by atoms with Gasteiger partial charge in [0.15, 0.2) is 0 Å². The lowest BCUT2D eigenvalue weighted by molar-refractivity contribution is 0.272. The van der Waals surface area contributed by atoms with Gasteiger partial charge in [0, 0.05) is 10.9 Å². The normalized spacial score (nSPS) is 29.9. The molecule has 1 aromatic rings. The molecule has 0 aliphatic heterocycles. The van der Waals surface area contributed by atoms with Crippen LogP contribution < -0.4 is 5.32 Å². The summed E-state index contributed by atoms with van der Waals surface area (Å²) in [6.45, 7) is 3.47. The van der Waals surface area contributed by atoms with Crippen LogP contribution >= 0.6 is 11.3 Å². The summed E-state index contributed by atoms with van der Waals surface area (Å²) in [4.78, 5) is 1.56. The van der Waals surface area contributed by atoms with Gasteiger partial charge in [-0.25, -0.2) is 0 Å². The monoisotopic (exact) mass is 291 g/mol. The zero-order chi connectivity index (χ0) is 13.8. The Bertz CT molecular complexity index is 386. The van der Waals surface area contributed by atoms with Gasteiger partial charge in [0.25, 0.3) is 0 Å². The van der Waals surface area contributed by atoms with E-state index in [-0.39, 0.29) is 0 Å². The molecule has 0 amide bonds. The van der Waals surface area contributed by atoms with E-state index in [1.807, 2.05) is 11.3 Å². The highest BCUT2D eigenvalue weighted by Gasteiger charge is 2.39. The Morgan fingerprint density at radius 1 is 1.35 bits per heavy atom. The molecule has 4 unspecified atom stereocenters. The van der Waals surface area contributed by atoms with Crippen LogP contribution in [0.5, 0.6) is 0 Å². The minimum atomic E-state index is 0.751. The van der Waals surface area contributed by atoms with Crippen LogP contribution in [0.3, 0.4) is 0 Å². The Hall–Kier alpha value is -0.340. The summed E-state index contributed by atoms with van der Waals surface area (Å²) >= 11 is 1.92. The van der Waals surface area contributed by atoms with Gasteiger partial charge in [0.05, 0.1) is 0 Å². The summed E-state index contributed by atoms with van der Waals surface area (Å²) in [7, 11) is 0. The molecule has 0 radical (unpaired) electrons. The molecular weight excluding hydrogens is 262 g/mol. The number of hydrogen-bond acceptors (Lipinski definition) is 2. The van der Waals surface area contributed by atoms with Crippen LogP contribution in [-0.4, -0.2) is 12.6 Å². The molecule has 20 heavy (non-hydrogen) atoms. The van der Waals surface area contributed by atoms with Gasteiger partial charge in [-0.05, 0) is 80.7 Å². The highest BCUT2D eigenvalue weighted by atomic mass is 32.1. The molecule has 1 heterocycles. The van der Waals surface area contributed by atoms with Gasteiger partial charge in [-0.15, -0.1) is 11.3 Å². The van der Waals surface area contributed by atoms with Crippen molar-refractivity contribution in [1.29, 1.82) is 0 Å². The molecule has 0 saturated heterocycles. The lowest BCUT2D eigenvalue weighted by Crippen LogP contribution is -2.33. The van der Waals surface area contributed by atoms with Crippen molar-refractivity contribution < 1.29 is 0 Å². The number of hydrogen-bond donors (Lipinski definition) is 1. The van der Waals surface area contributed by atoms with Crippen molar-refractivity contribution in [1.82, 2.24) is 5.32 Å². The quantitative estimate of drug-likeness (QED) is 0.720. The number of fused-ring (bicyclic) bond motifs is 2. The van der Waals surface area contributed by atoms with E-state index in [2.05, 4.69) is 29.8 Å². The van der Waals surface area contributed by atoms with E-state index < -0.39 is 0 Å². The molecule has 0 aromatic carbocycles. The van der Waals surface area contributed by atoms with Gasteiger partial charge in [0.2, 0.25) is 0 Å². The van der Waals surface area contributed by atoms with Gasteiger partial charge in [-0.2, -0.15) is 0 Å². The van der Waals surface area contributed by atoms with E-state index in [1.54, 1.807) is 11.3 Å². The van der Waals surface area contributed by atoms with Crippen molar-refractivity contribution in [3.63, 3.8) is 0 Å². The number of aryl methyl sites for hydroxylation is 1. The first-order chi connectivity index (χ1) is 9.85. The molecule has 2 bridgehead atoms. The second kappa shape index (κ2) is 7.09. The van der Waals surface area contributed by atoms with Gasteiger partial charge < -0.3 is 5.32 Å². The summed E-state index contributed by atoms with van der Waals surface area (Å²) in [5.41, 5.74) is 0. The molecule has 2 aliphatic rings. The summed E-state index contributed by atoms with van der Waals surface area (Å²) < 4.78 is 0. The summed E-state index contributed by atoms with van der Waals surface area (Å²) in [5.74, 6) is 3.20. The van der Waals surface area contributed by atoms with Crippen molar-refractivity contribution in [3.8, 4) is 0 Å². The van der Waals surface area contributed by atoms with Crippen molar-refractivity contribution >= 4 is 11.3 Å². The van der Waals surface area contributed by atoms with Crippen molar-refractivity contribution in [3.05, 3.63) is 22.4 Å². The molecule has 2 fully saturated rings. The van der Waals surface area contributed by atoms with Crippen LogP contribution in [0, 0.1) is 17.8 Å². The van der Waals surface area contributed by atoms with E-state index in [0.29, 0.717) is 0 Å². The zero-order valence-electron chi connectivity index (χ0n) is 12.8. The predicted octanol–water partition coefficient (Wildman–Crippen LogP) is 4.88. The standard InChI is InChI=1S/C18H29NS/c1-2-9-19-17(7-8-18-4-3-10-20-18)13-16-12-14-5-6-15(16)11-14/h3-4,10,14-17,19H,2,5-9,11-13H2,1H3. The average molecular weight is 292 g/mol. The molecule has 1 N–H and O–H groups in total. The first-order valence-corrected chi connectivity index (χ1v) is 9.49. The van der Waals surface area contributed by atoms with Gasteiger partial charge in [-0.1, -0.05) is 19.4 Å². The van der Waals surface area contributed by atoms with Gasteiger partial charge in [-0.3, -0.25) is 0 Å². The second-order valence-electron chi connectivity index (χ2n) is 6.94. The maximum atomic E-state index is 3.82. The Morgan fingerprint density at radius 2 is 2.30 bits per heavy atom. The Kier molecular flexibility index (Phi) is 5.17. The highest BCUT2D eigenvalue weighted by Crippen LogP contribution is 2.50. The minimum absolute atomic E-state index is 0.751. The summed E-state index contributed by atoms with van der Waals surface area (Å²) in [5, 5.41) is 6.03. The van der Waals surface area contributed by atoms with Crippen LogP contribution in [0.25, 0.3) is 0 Å². The molecule has 4 atom stereocenters. The van der Waals surface area contributed by atoms with Crippen LogP contribution in [0.4, 0.5) is 0 Å². The largest absolute Gasteiger partial charge is 0.314 e. The van der Waals surface area contributed by atoms with Crippen molar-refractivity contribution in [2.24, 2.45) is 17.8 Å². The van der Waals surface area contributed by atoms with Crippen LogP contribution in [0.2, 0.25) is 0 Å². The van der Waals surface area contributed by atoms with E-state index >= 15 is 0 Å². The summed E-state index contributed by atoms with van der Waals surface area (Å²) in [6, 6.07) is 5.23. The second-order valence-corrected chi connectivity index (χ2v) is 7.97. The average Bonchev–Trinajstić information content (AvgIpc) is 3.18. The van der Waals surface area contributed by atoms with E-state index in [0.717, 1.165) is 23.8 Å². The molecule has 0 spiro atoms. The Balaban J connectivity index is 1.49. The maximum Gasteiger partial charge on any atom is 0.00732 e. The third-order valence-electron chi connectivity index (χ3n) is 5.47. The predicted molar refractivity (Wildman–Crippen MR) is 88.3 cm³/mol. The van der Waals surface area contributed by atoms with Crippen LogP contribution in [0.1, 0.15) is 56.7 Å². The third-order valence-corrected chi connectivity index (χ3v) is 6.41. The molecule has 2 aliphatic carbocycles. The smallest absolute Gasteiger partial charge is 0.00732 e. The number of rotatable bonds is 8.